The molecule has 3 N–H and O–H groups in total. The molecule has 0 aromatic heterocycles. The van der Waals surface area contributed by atoms with Crippen LogP contribution < -0.4 is 16.0 Å². The summed E-state index contributed by atoms with van der Waals surface area (Å²) in [6, 6.07) is 10.9. The Kier molecular flexibility index (Phi) is 4.80. The Morgan fingerprint density at radius 3 is 2.68 bits per heavy atom. The van der Waals surface area contributed by atoms with Gasteiger partial charge in [-0.15, -0.1) is 0 Å². The van der Waals surface area contributed by atoms with E-state index in [-0.39, 0.29) is 12.1 Å². The summed E-state index contributed by atoms with van der Waals surface area (Å²) < 4.78 is 0. The number of nitrogens with one attached hydrogen (secondary N) is 3. The van der Waals surface area contributed by atoms with Crippen LogP contribution >= 0.6 is 0 Å². The number of amides is 2. The molecule has 1 heterocycles. The van der Waals surface area contributed by atoms with E-state index in [1.165, 1.54) is 0 Å². The summed E-state index contributed by atoms with van der Waals surface area (Å²) >= 11 is 0. The SMILES string of the molecule is CC1CCC(NC(=O)NCc2ccccc2)C(C)N1. The van der Waals surface area contributed by atoms with Crippen molar-refractivity contribution in [3.63, 3.8) is 0 Å². The molecule has 4 heteroatoms. The van der Waals surface area contributed by atoms with E-state index >= 15 is 0 Å². The lowest BCUT2D eigenvalue weighted by molar-refractivity contribution is 0.221. The summed E-state index contributed by atoms with van der Waals surface area (Å²) in [6.45, 7) is 4.87. The molecule has 19 heavy (non-hydrogen) atoms. The predicted molar refractivity (Wildman–Crippen MR) is 76.9 cm³/mol. The van der Waals surface area contributed by atoms with Crippen molar-refractivity contribution in [2.24, 2.45) is 0 Å². The first kappa shape index (κ1) is 13.9. The predicted octanol–water partition coefficient (Wildman–Crippen LogP) is 2.01. The molecule has 1 aliphatic rings. The van der Waals surface area contributed by atoms with Crippen LogP contribution in [0.3, 0.4) is 0 Å². The number of piperidine rings is 1. The van der Waals surface area contributed by atoms with Gasteiger partial charge >= 0.3 is 6.03 Å². The van der Waals surface area contributed by atoms with Gasteiger partial charge in [-0.2, -0.15) is 0 Å². The minimum absolute atomic E-state index is 0.0861. The van der Waals surface area contributed by atoms with Crippen LogP contribution in [0.1, 0.15) is 32.3 Å². The van der Waals surface area contributed by atoms with E-state index in [9.17, 15) is 4.79 Å². The molecule has 1 saturated heterocycles. The Hall–Kier alpha value is -1.55. The van der Waals surface area contributed by atoms with E-state index in [2.05, 4.69) is 29.8 Å². The lowest BCUT2D eigenvalue weighted by Crippen LogP contribution is -2.56. The number of carbonyl (C=O) groups is 1. The van der Waals surface area contributed by atoms with E-state index in [1.54, 1.807) is 0 Å². The van der Waals surface area contributed by atoms with Gasteiger partial charge in [-0.1, -0.05) is 30.3 Å². The Morgan fingerprint density at radius 2 is 2.00 bits per heavy atom. The first-order valence-corrected chi connectivity index (χ1v) is 6.99. The highest BCUT2D eigenvalue weighted by atomic mass is 16.2. The first-order chi connectivity index (χ1) is 9.15. The van der Waals surface area contributed by atoms with Crippen LogP contribution in [0.5, 0.6) is 0 Å². The molecule has 2 rings (SSSR count). The average Bonchev–Trinajstić information content (AvgIpc) is 2.41. The molecule has 1 aromatic carbocycles. The number of rotatable bonds is 3. The van der Waals surface area contributed by atoms with Gasteiger partial charge in [0, 0.05) is 24.7 Å². The Bertz CT molecular complexity index is 407. The zero-order chi connectivity index (χ0) is 13.7. The van der Waals surface area contributed by atoms with Crippen molar-refractivity contribution < 1.29 is 4.79 Å². The molecular weight excluding hydrogens is 238 g/mol. The van der Waals surface area contributed by atoms with Crippen LogP contribution in [0.25, 0.3) is 0 Å². The minimum Gasteiger partial charge on any atom is -0.334 e. The normalized spacial score (nSPS) is 26.7. The Morgan fingerprint density at radius 1 is 1.26 bits per heavy atom. The van der Waals surface area contributed by atoms with Crippen LogP contribution in [0, 0.1) is 0 Å². The van der Waals surface area contributed by atoms with E-state index < -0.39 is 0 Å². The number of hydrogen-bond donors (Lipinski definition) is 3. The fourth-order valence-corrected chi connectivity index (χ4v) is 2.52. The standard InChI is InChI=1S/C15H23N3O/c1-11-8-9-14(12(2)17-11)18-15(19)16-10-13-6-4-3-5-7-13/h3-7,11-12,14,17H,8-10H2,1-2H3,(H2,16,18,19). The lowest BCUT2D eigenvalue weighted by Gasteiger charge is -2.34. The summed E-state index contributed by atoms with van der Waals surface area (Å²) in [5, 5.41) is 9.41. The maximum Gasteiger partial charge on any atom is 0.315 e. The van der Waals surface area contributed by atoms with Gasteiger partial charge in [0.2, 0.25) is 0 Å². The van der Waals surface area contributed by atoms with Crippen LogP contribution in [0.4, 0.5) is 4.79 Å². The molecule has 2 amide bonds. The third-order valence-electron chi connectivity index (χ3n) is 3.67. The number of carbonyl (C=O) groups excluding carboxylic acids is 1. The van der Waals surface area contributed by atoms with Crippen molar-refractivity contribution in [1.29, 1.82) is 0 Å². The van der Waals surface area contributed by atoms with Gasteiger partial charge in [-0.05, 0) is 32.3 Å². The van der Waals surface area contributed by atoms with Crippen LogP contribution in [0.2, 0.25) is 0 Å². The monoisotopic (exact) mass is 261 g/mol. The fraction of sp³-hybridized carbons (Fsp3) is 0.533. The molecule has 3 unspecified atom stereocenters. The van der Waals surface area contributed by atoms with Crippen LogP contribution in [-0.2, 0) is 6.54 Å². The van der Waals surface area contributed by atoms with E-state index in [4.69, 9.17) is 0 Å². The molecule has 0 saturated carbocycles. The van der Waals surface area contributed by atoms with Gasteiger partial charge in [-0.3, -0.25) is 0 Å². The van der Waals surface area contributed by atoms with Gasteiger partial charge in [-0.25, -0.2) is 4.79 Å². The van der Waals surface area contributed by atoms with Crippen LogP contribution in [0.15, 0.2) is 30.3 Å². The van der Waals surface area contributed by atoms with E-state index in [0.717, 1.165) is 18.4 Å². The summed E-state index contributed by atoms with van der Waals surface area (Å²) in [6.07, 6.45) is 2.14. The summed E-state index contributed by atoms with van der Waals surface area (Å²) in [7, 11) is 0. The maximum absolute atomic E-state index is 11.9. The summed E-state index contributed by atoms with van der Waals surface area (Å²) in [4.78, 5) is 11.9. The number of urea groups is 1. The maximum atomic E-state index is 11.9. The van der Waals surface area contributed by atoms with Gasteiger partial charge in [0.25, 0.3) is 0 Å². The smallest absolute Gasteiger partial charge is 0.315 e. The molecular formula is C15H23N3O. The van der Waals surface area contributed by atoms with E-state index in [1.807, 2.05) is 30.3 Å². The highest BCUT2D eigenvalue weighted by Gasteiger charge is 2.25. The molecule has 3 atom stereocenters. The topological polar surface area (TPSA) is 53.2 Å². The van der Waals surface area contributed by atoms with Crippen molar-refractivity contribution in [3.8, 4) is 0 Å². The van der Waals surface area contributed by atoms with Gasteiger partial charge < -0.3 is 16.0 Å². The molecule has 104 valence electrons. The molecule has 1 aromatic rings. The van der Waals surface area contributed by atoms with Crippen molar-refractivity contribution in [3.05, 3.63) is 35.9 Å². The van der Waals surface area contributed by atoms with E-state index in [0.29, 0.717) is 18.6 Å². The number of benzene rings is 1. The highest BCUT2D eigenvalue weighted by Crippen LogP contribution is 2.12. The summed E-state index contributed by atoms with van der Waals surface area (Å²) in [5.74, 6) is 0. The largest absolute Gasteiger partial charge is 0.334 e. The molecule has 0 radical (unpaired) electrons. The quantitative estimate of drug-likeness (QED) is 0.779. The van der Waals surface area contributed by atoms with Gasteiger partial charge in [0.1, 0.15) is 0 Å². The van der Waals surface area contributed by atoms with Gasteiger partial charge in [0.05, 0.1) is 0 Å². The van der Waals surface area contributed by atoms with Crippen molar-refractivity contribution in [2.75, 3.05) is 0 Å². The Labute approximate surface area is 115 Å². The third-order valence-corrected chi connectivity index (χ3v) is 3.67. The second-order valence-electron chi connectivity index (χ2n) is 5.35. The molecule has 1 fully saturated rings. The zero-order valence-electron chi connectivity index (χ0n) is 11.6. The summed E-state index contributed by atoms with van der Waals surface area (Å²) in [5.41, 5.74) is 1.11. The zero-order valence-corrected chi connectivity index (χ0v) is 11.6. The van der Waals surface area contributed by atoms with Crippen molar-refractivity contribution >= 4 is 6.03 Å². The van der Waals surface area contributed by atoms with Crippen LogP contribution in [-0.4, -0.2) is 24.2 Å². The Balaban J connectivity index is 1.75. The fourth-order valence-electron chi connectivity index (χ4n) is 2.52. The molecule has 4 nitrogen and oxygen atoms in total. The van der Waals surface area contributed by atoms with Crippen molar-refractivity contribution in [1.82, 2.24) is 16.0 Å². The molecule has 0 bridgehead atoms. The number of hydrogen-bond acceptors (Lipinski definition) is 2. The van der Waals surface area contributed by atoms with Gasteiger partial charge in [0.15, 0.2) is 0 Å². The second kappa shape index (κ2) is 6.57. The molecule has 1 aliphatic heterocycles. The minimum atomic E-state index is -0.0861. The lowest BCUT2D eigenvalue weighted by atomic mass is 9.95. The van der Waals surface area contributed by atoms with Crippen molar-refractivity contribution in [2.45, 2.75) is 51.4 Å². The first-order valence-electron chi connectivity index (χ1n) is 6.99. The highest BCUT2D eigenvalue weighted by molar-refractivity contribution is 5.74. The molecule has 0 spiro atoms. The second-order valence-corrected chi connectivity index (χ2v) is 5.35. The third kappa shape index (κ3) is 4.24. The average molecular weight is 261 g/mol. The molecule has 0 aliphatic carbocycles.